The summed E-state index contributed by atoms with van der Waals surface area (Å²) < 4.78 is 0. The van der Waals surface area contributed by atoms with Gasteiger partial charge in [0.25, 0.3) is 0 Å². The molecule has 0 heterocycles. The highest BCUT2D eigenvalue weighted by Gasteiger charge is 2.30. The van der Waals surface area contributed by atoms with Gasteiger partial charge in [0.05, 0.1) is 8.41 Å². The van der Waals surface area contributed by atoms with Crippen molar-refractivity contribution >= 4 is 28.1 Å². The van der Waals surface area contributed by atoms with Gasteiger partial charge in [-0.15, -0.1) is 0 Å². The van der Waals surface area contributed by atoms with E-state index in [1.165, 1.54) is 63.5 Å². The molecular formula is C17H37BNPS. The van der Waals surface area contributed by atoms with Crippen molar-refractivity contribution < 1.29 is 0 Å². The number of hydrogen-bond donors (Lipinski definition) is 1. The van der Waals surface area contributed by atoms with Crippen molar-refractivity contribution in [2.45, 2.75) is 75.5 Å². The van der Waals surface area contributed by atoms with Gasteiger partial charge >= 0.3 is 0 Å². The predicted octanol–water partition coefficient (Wildman–Crippen LogP) is 3.90. The Bertz CT molecular complexity index is 225. The second kappa shape index (κ2) is 12.3. The Labute approximate surface area is 140 Å². The van der Waals surface area contributed by atoms with Gasteiger partial charge in [-0.25, -0.2) is 0 Å². The van der Waals surface area contributed by atoms with Crippen LogP contribution in [0.25, 0.3) is 0 Å². The maximum absolute atomic E-state index is 3.69. The highest BCUT2D eigenvalue weighted by molar-refractivity contribution is 7.98. The Morgan fingerprint density at radius 3 is 1.86 bits per heavy atom. The Morgan fingerprint density at radius 2 is 1.38 bits per heavy atom. The Kier molecular flexibility index (Phi) is 11.6. The first-order valence-electron chi connectivity index (χ1n) is 8.87. The molecule has 0 radical (unpaired) electrons. The Morgan fingerprint density at radius 1 is 0.857 bits per heavy atom. The maximum Gasteiger partial charge on any atom is 0.0814 e. The van der Waals surface area contributed by atoms with E-state index < -0.39 is 0 Å². The van der Waals surface area contributed by atoms with Gasteiger partial charge in [0, 0.05) is 12.3 Å². The zero-order chi connectivity index (χ0) is 14.0. The summed E-state index contributed by atoms with van der Waals surface area (Å²) in [6.07, 6.45) is 19.1. The third-order valence-electron chi connectivity index (χ3n) is 5.12. The van der Waals surface area contributed by atoms with Crippen molar-refractivity contribution in [2.75, 3.05) is 31.3 Å². The smallest absolute Gasteiger partial charge is 0.0814 e. The zero-order valence-corrected chi connectivity index (χ0v) is 15.1. The van der Waals surface area contributed by atoms with Crippen molar-refractivity contribution in [1.82, 2.24) is 5.32 Å². The molecule has 0 bridgehead atoms. The second-order valence-electron chi connectivity index (χ2n) is 6.56. The molecule has 4 heteroatoms. The molecule has 2 aliphatic carbocycles. The SMILES string of the molecule is B.CSCCNCCP(C1CCCCC1)C1CCCCC1. The van der Waals surface area contributed by atoms with Crippen LogP contribution >= 0.6 is 19.7 Å². The van der Waals surface area contributed by atoms with Crippen LogP contribution in [0.1, 0.15) is 64.2 Å². The molecule has 21 heavy (non-hydrogen) atoms. The third kappa shape index (κ3) is 7.27. The minimum atomic E-state index is 0. The summed E-state index contributed by atoms with van der Waals surface area (Å²) in [5.74, 6) is 1.27. The molecule has 0 unspecified atom stereocenters. The lowest BCUT2D eigenvalue weighted by atomic mass is 9.99. The van der Waals surface area contributed by atoms with Crippen LogP contribution < -0.4 is 5.32 Å². The van der Waals surface area contributed by atoms with Crippen molar-refractivity contribution in [2.24, 2.45) is 0 Å². The Hall–Kier alpha value is 0.805. The molecule has 0 spiro atoms. The fraction of sp³-hybridized carbons (Fsp3) is 1.00. The van der Waals surface area contributed by atoms with E-state index in [1.54, 1.807) is 25.7 Å². The van der Waals surface area contributed by atoms with Crippen molar-refractivity contribution in [3.05, 3.63) is 0 Å². The molecule has 0 aromatic rings. The lowest BCUT2D eigenvalue weighted by molar-refractivity contribution is 0.483. The Balaban J connectivity index is 0.00000220. The topological polar surface area (TPSA) is 12.0 Å². The molecule has 0 aromatic heterocycles. The molecule has 0 atom stereocenters. The minimum absolute atomic E-state index is 0. The summed E-state index contributed by atoms with van der Waals surface area (Å²) in [6.45, 7) is 2.50. The molecule has 0 amide bonds. The lowest BCUT2D eigenvalue weighted by Gasteiger charge is -2.38. The average Bonchev–Trinajstić information content (AvgIpc) is 2.53. The number of thioether (sulfide) groups is 1. The second-order valence-corrected chi connectivity index (χ2v) is 10.5. The number of hydrogen-bond acceptors (Lipinski definition) is 2. The predicted molar refractivity (Wildman–Crippen MR) is 107 cm³/mol. The summed E-state index contributed by atoms with van der Waals surface area (Å²) in [5, 5.41) is 3.69. The summed E-state index contributed by atoms with van der Waals surface area (Å²) in [4.78, 5) is 0. The third-order valence-corrected chi connectivity index (χ3v) is 9.38. The van der Waals surface area contributed by atoms with Gasteiger partial charge in [0.1, 0.15) is 0 Å². The number of nitrogens with one attached hydrogen (secondary N) is 1. The highest BCUT2D eigenvalue weighted by atomic mass is 32.2. The van der Waals surface area contributed by atoms with E-state index in [-0.39, 0.29) is 8.41 Å². The first-order chi connectivity index (χ1) is 9.92. The average molecular weight is 329 g/mol. The van der Waals surface area contributed by atoms with Crippen LogP contribution in [0.2, 0.25) is 0 Å². The molecule has 2 saturated carbocycles. The largest absolute Gasteiger partial charge is 0.316 e. The molecule has 124 valence electrons. The highest BCUT2D eigenvalue weighted by Crippen LogP contribution is 2.55. The first kappa shape index (κ1) is 19.9. The molecule has 0 aromatic carbocycles. The van der Waals surface area contributed by atoms with Crippen LogP contribution in [-0.2, 0) is 0 Å². The van der Waals surface area contributed by atoms with Crippen LogP contribution in [0.4, 0.5) is 0 Å². The van der Waals surface area contributed by atoms with Crippen molar-refractivity contribution in [3.8, 4) is 0 Å². The quantitative estimate of drug-likeness (QED) is 0.412. The lowest BCUT2D eigenvalue weighted by Crippen LogP contribution is -2.27. The van der Waals surface area contributed by atoms with E-state index in [0.29, 0.717) is 7.92 Å². The van der Waals surface area contributed by atoms with Crippen molar-refractivity contribution in [1.29, 1.82) is 0 Å². The van der Waals surface area contributed by atoms with Gasteiger partial charge in [-0.1, -0.05) is 46.4 Å². The first-order valence-corrected chi connectivity index (χ1v) is 11.9. The molecule has 1 N–H and O–H groups in total. The molecule has 2 fully saturated rings. The van der Waals surface area contributed by atoms with Crippen LogP contribution in [0.3, 0.4) is 0 Å². The minimum Gasteiger partial charge on any atom is -0.316 e. The fourth-order valence-corrected chi connectivity index (χ4v) is 8.14. The van der Waals surface area contributed by atoms with Crippen LogP contribution in [0, 0.1) is 0 Å². The van der Waals surface area contributed by atoms with Crippen LogP contribution in [0.15, 0.2) is 0 Å². The zero-order valence-electron chi connectivity index (χ0n) is 13.4. The fourth-order valence-electron chi connectivity index (χ4n) is 4.00. The molecule has 2 aliphatic rings. The van der Waals surface area contributed by atoms with Crippen LogP contribution in [0.5, 0.6) is 0 Å². The van der Waals surface area contributed by atoms with E-state index in [9.17, 15) is 0 Å². The van der Waals surface area contributed by atoms with Crippen LogP contribution in [-0.4, -0.2) is 51.0 Å². The summed E-state index contributed by atoms with van der Waals surface area (Å²) in [7, 11) is 0.313. The van der Waals surface area contributed by atoms with Gasteiger partial charge in [0.15, 0.2) is 0 Å². The summed E-state index contributed by atoms with van der Waals surface area (Å²) >= 11 is 1.96. The number of rotatable bonds is 8. The summed E-state index contributed by atoms with van der Waals surface area (Å²) in [6, 6.07) is 0. The van der Waals surface area contributed by atoms with Gasteiger partial charge < -0.3 is 5.32 Å². The maximum atomic E-state index is 3.69. The monoisotopic (exact) mass is 329 g/mol. The van der Waals surface area contributed by atoms with E-state index in [4.69, 9.17) is 0 Å². The molecule has 2 rings (SSSR count). The normalized spacial score (nSPS) is 21.4. The van der Waals surface area contributed by atoms with Gasteiger partial charge in [0.2, 0.25) is 0 Å². The van der Waals surface area contributed by atoms with Gasteiger partial charge in [-0.2, -0.15) is 11.8 Å². The van der Waals surface area contributed by atoms with Gasteiger partial charge in [-0.3, -0.25) is 0 Å². The van der Waals surface area contributed by atoms with E-state index >= 15 is 0 Å². The molecule has 1 nitrogen and oxygen atoms in total. The van der Waals surface area contributed by atoms with Gasteiger partial charge in [-0.05, 0) is 56.0 Å². The standard InChI is InChI=1S/C17H34NPS.BH3/c1-20-15-13-18-12-14-19(16-8-4-2-5-9-16)17-10-6-3-7-11-17;/h16-18H,2-15H2,1H3;1H3. The molecule has 0 aliphatic heterocycles. The van der Waals surface area contributed by atoms with E-state index in [2.05, 4.69) is 11.6 Å². The molecule has 0 saturated heterocycles. The molecular weight excluding hydrogens is 292 g/mol. The van der Waals surface area contributed by atoms with E-state index in [1.807, 2.05) is 11.8 Å². The van der Waals surface area contributed by atoms with E-state index in [0.717, 1.165) is 11.3 Å². The summed E-state index contributed by atoms with van der Waals surface area (Å²) in [5.41, 5.74) is 2.26. The van der Waals surface area contributed by atoms with Crippen molar-refractivity contribution in [3.63, 3.8) is 0 Å².